The van der Waals surface area contributed by atoms with Crippen LogP contribution < -0.4 is 15.8 Å². The van der Waals surface area contributed by atoms with Gasteiger partial charge in [0.1, 0.15) is 5.75 Å². The molecular weight excluding hydrogens is 216 g/mol. The Hall–Kier alpha value is -2.30. The minimum absolute atomic E-state index is 0.489. The molecule has 1 aromatic heterocycles. The number of ether oxygens (including phenoxy) is 1. The number of hydrogen-bond acceptors (Lipinski definition) is 5. The fraction of sp³-hybridized carbons (Fsp3) is 0.167. The van der Waals surface area contributed by atoms with Gasteiger partial charge in [-0.15, -0.1) is 0 Å². The smallest absolute Gasteiger partial charge is 0.227 e. The summed E-state index contributed by atoms with van der Waals surface area (Å²) < 4.78 is 5.25. The molecule has 0 aliphatic heterocycles. The number of hydrogen-bond donors (Lipinski definition) is 2. The molecule has 0 spiro atoms. The van der Waals surface area contributed by atoms with Crippen LogP contribution in [0.25, 0.3) is 0 Å². The van der Waals surface area contributed by atoms with Crippen LogP contribution in [0.15, 0.2) is 30.6 Å². The third-order valence-electron chi connectivity index (χ3n) is 2.27. The molecular formula is C12H14N4O. The molecule has 2 aromatic rings. The van der Waals surface area contributed by atoms with Crippen LogP contribution in [-0.2, 0) is 0 Å². The van der Waals surface area contributed by atoms with Crippen molar-refractivity contribution >= 4 is 17.3 Å². The first-order chi connectivity index (χ1) is 8.19. The second-order valence-corrected chi connectivity index (χ2v) is 3.67. The second kappa shape index (κ2) is 4.69. The van der Waals surface area contributed by atoms with E-state index in [1.165, 1.54) is 0 Å². The largest absolute Gasteiger partial charge is 0.495 e. The van der Waals surface area contributed by atoms with Gasteiger partial charge in [0.2, 0.25) is 5.95 Å². The molecule has 17 heavy (non-hydrogen) atoms. The zero-order valence-electron chi connectivity index (χ0n) is 9.77. The molecule has 0 aliphatic carbocycles. The number of nitrogen functional groups attached to an aromatic ring is 1. The summed E-state index contributed by atoms with van der Waals surface area (Å²) in [5, 5.41) is 3.09. The first-order valence-electron chi connectivity index (χ1n) is 5.18. The van der Waals surface area contributed by atoms with Gasteiger partial charge < -0.3 is 15.8 Å². The van der Waals surface area contributed by atoms with E-state index in [0.717, 1.165) is 17.0 Å². The summed E-state index contributed by atoms with van der Waals surface area (Å²) in [6, 6.07) is 5.85. The topological polar surface area (TPSA) is 73.1 Å². The normalized spacial score (nSPS) is 10.0. The standard InChI is InChI=1S/C12H14N4O/c1-8-3-4-11(17-2)10(5-8)16-12-14-6-9(13)7-15-12/h3-7H,13H2,1-2H3,(H,14,15,16). The van der Waals surface area contributed by atoms with E-state index in [0.29, 0.717) is 11.6 Å². The van der Waals surface area contributed by atoms with Crippen molar-refractivity contribution in [3.05, 3.63) is 36.2 Å². The van der Waals surface area contributed by atoms with E-state index in [4.69, 9.17) is 10.5 Å². The van der Waals surface area contributed by atoms with Gasteiger partial charge in [-0.3, -0.25) is 0 Å². The van der Waals surface area contributed by atoms with E-state index in [2.05, 4.69) is 15.3 Å². The van der Waals surface area contributed by atoms with E-state index < -0.39 is 0 Å². The number of benzene rings is 1. The van der Waals surface area contributed by atoms with Gasteiger partial charge in [0.15, 0.2) is 0 Å². The average molecular weight is 230 g/mol. The molecule has 1 heterocycles. The number of aryl methyl sites for hydroxylation is 1. The van der Waals surface area contributed by atoms with Gasteiger partial charge in [-0.25, -0.2) is 9.97 Å². The summed E-state index contributed by atoms with van der Waals surface area (Å²) in [7, 11) is 1.62. The molecule has 2 rings (SSSR count). The van der Waals surface area contributed by atoms with Gasteiger partial charge in [0.05, 0.1) is 30.9 Å². The molecule has 5 nitrogen and oxygen atoms in total. The molecule has 0 amide bonds. The maximum Gasteiger partial charge on any atom is 0.227 e. The van der Waals surface area contributed by atoms with Crippen LogP contribution in [-0.4, -0.2) is 17.1 Å². The zero-order valence-corrected chi connectivity index (χ0v) is 9.77. The predicted molar refractivity (Wildman–Crippen MR) is 67.5 cm³/mol. The maximum absolute atomic E-state index is 5.52. The molecule has 0 unspecified atom stereocenters. The lowest BCUT2D eigenvalue weighted by Gasteiger charge is -2.10. The predicted octanol–water partition coefficient (Wildman–Crippen LogP) is 2.12. The summed E-state index contributed by atoms with van der Waals surface area (Å²) in [5.41, 5.74) is 8.02. The highest BCUT2D eigenvalue weighted by atomic mass is 16.5. The number of methoxy groups -OCH3 is 1. The summed E-state index contributed by atoms with van der Waals surface area (Å²) in [6.45, 7) is 2.01. The van der Waals surface area contributed by atoms with Gasteiger partial charge in [0, 0.05) is 0 Å². The lowest BCUT2D eigenvalue weighted by atomic mass is 10.2. The highest BCUT2D eigenvalue weighted by molar-refractivity contribution is 5.63. The van der Waals surface area contributed by atoms with Crippen molar-refractivity contribution < 1.29 is 4.74 Å². The Balaban J connectivity index is 2.28. The van der Waals surface area contributed by atoms with Crippen LogP contribution in [0.2, 0.25) is 0 Å². The average Bonchev–Trinajstić information content (AvgIpc) is 2.32. The molecule has 0 atom stereocenters. The van der Waals surface area contributed by atoms with Crippen molar-refractivity contribution in [2.75, 3.05) is 18.2 Å². The number of nitrogens with zero attached hydrogens (tertiary/aromatic N) is 2. The van der Waals surface area contributed by atoms with Crippen molar-refractivity contribution in [1.29, 1.82) is 0 Å². The third kappa shape index (κ3) is 2.63. The Morgan fingerprint density at radius 1 is 1.24 bits per heavy atom. The van der Waals surface area contributed by atoms with Crippen LogP contribution in [0.1, 0.15) is 5.56 Å². The Kier molecular flexibility index (Phi) is 3.09. The number of aromatic nitrogens is 2. The molecule has 0 bridgehead atoms. The van der Waals surface area contributed by atoms with Crippen molar-refractivity contribution in [3.63, 3.8) is 0 Å². The zero-order chi connectivity index (χ0) is 12.3. The number of anilines is 3. The van der Waals surface area contributed by atoms with Crippen molar-refractivity contribution in [2.45, 2.75) is 6.92 Å². The molecule has 0 aliphatic rings. The van der Waals surface area contributed by atoms with Crippen LogP contribution in [0.3, 0.4) is 0 Å². The minimum atomic E-state index is 0.489. The van der Waals surface area contributed by atoms with Gasteiger partial charge >= 0.3 is 0 Å². The lowest BCUT2D eigenvalue weighted by molar-refractivity contribution is 0.416. The summed E-state index contributed by atoms with van der Waals surface area (Å²) >= 11 is 0. The van der Waals surface area contributed by atoms with Crippen molar-refractivity contribution in [1.82, 2.24) is 9.97 Å². The van der Waals surface area contributed by atoms with Gasteiger partial charge in [0.25, 0.3) is 0 Å². The van der Waals surface area contributed by atoms with E-state index in [1.807, 2.05) is 25.1 Å². The van der Waals surface area contributed by atoms with Crippen LogP contribution >= 0.6 is 0 Å². The maximum atomic E-state index is 5.52. The molecule has 88 valence electrons. The van der Waals surface area contributed by atoms with Crippen LogP contribution in [0, 0.1) is 6.92 Å². The Morgan fingerprint density at radius 3 is 2.59 bits per heavy atom. The summed E-state index contributed by atoms with van der Waals surface area (Å²) in [6.07, 6.45) is 3.11. The quantitative estimate of drug-likeness (QED) is 0.844. The highest BCUT2D eigenvalue weighted by Crippen LogP contribution is 2.27. The monoisotopic (exact) mass is 230 g/mol. The van der Waals surface area contributed by atoms with Gasteiger partial charge in [-0.1, -0.05) is 6.07 Å². The number of rotatable bonds is 3. The van der Waals surface area contributed by atoms with Crippen molar-refractivity contribution in [3.8, 4) is 5.75 Å². The number of nitrogens with two attached hydrogens (primary N) is 1. The third-order valence-corrected chi connectivity index (χ3v) is 2.27. The van der Waals surface area contributed by atoms with Gasteiger partial charge in [-0.05, 0) is 24.6 Å². The molecule has 0 radical (unpaired) electrons. The van der Waals surface area contributed by atoms with E-state index >= 15 is 0 Å². The second-order valence-electron chi connectivity index (χ2n) is 3.67. The fourth-order valence-corrected chi connectivity index (χ4v) is 1.44. The van der Waals surface area contributed by atoms with E-state index in [1.54, 1.807) is 19.5 Å². The first-order valence-corrected chi connectivity index (χ1v) is 5.18. The minimum Gasteiger partial charge on any atom is -0.495 e. The molecule has 1 aromatic carbocycles. The van der Waals surface area contributed by atoms with Crippen molar-refractivity contribution in [2.24, 2.45) is 0 Å². The lowest BCUT2D eigenvalue weighted by Crippen LogP contribution is -2.00. The molecule has 0 saturated carbocycles. The molecule has 3 N–H and O–H groups in total. The van der Waals surface area contributed by atoms with Gasteiger partial charge in [-0.2, -0.15) is 0 Å². The van der Waals surface area contributed by atoms with E-state index in [-0.39, 0.29) is 0 Å². The Morgan fingerprint density at radius 2 is 1.94 bits per heavy atom. The van der Waals surface area contributed by atoms with Crippen LogP contribution in [0.4, 0.5) is 17.3 Å². The molecule has 0 fully saturated rings. The Labute approximate surface area is 99.7 Å². The highest BCUT2D eigenvalue weighted by Gasteiger charge is 2.04. The Bertz CT molecular complexity index is 510. The molecule has 5 heteroatoms. The van der Waals surface area contributed by atoms with E-state index in [9.17, 15) is 0 Å². The first kappa shape index (κ1) is 11.2. The van der Waals surface area contributed by atoms with Crippen LogP contribution in [0.5, 0.6) is 5.75 Å². The fourth-order valence-electron chi connectivity index (χ4n) is 1.44. The SMILES string of the molecule is COc1ccc(C)cc1Nc1ncc(N)cn1. The molecule has 0 saturated heterocycles. The number of nitrogens with one attached hydrogen (secondary N) is 1. The summed E-state index contributed by atoms with van der Waals surface area (Å²) in [5.74, 6) is 1.24. The summed E-state index contributed by atoms with van der Waals surface area (Å²) in [4.78, 5) is 8.15.